The highest BCUT2D eigenvalue weighted by Crippen LogP contribution is 2.43. The number of pyridine rings is 1. The van der Waals surface area contributed by atoms with Gasteiger partial charge in [-0.3, -0.25) is 13.9 Å². The van der Waals surface area contributed by atoms with E-state index in [0.29, 0.717) is 35.8 Å². The van der Waals surface area contributed by atoms with Crippen LogP contribution in [0.5, 0.6) is 0 Å². The lowest BCUT2D eigenvalue weighted by Crippen LogP contribution is -2.50. The minimum atomic E-state index is -4.59. The molecule has 5 heterocycles. The third-order valence-corrected chi connectivity index (χ3v) is 8.98. The van der Waals surface area contributed by atoms with Crippen LogP contribution in [-0.4, -0.2) is 53.8 Å². The van der Waals surface area contributed by atoms with Crippen molar-refractivity contribution in [3.63, 3.8) is 0 Å². The number of imidazole rings is 1. The summed E-state index contributed by atoms with van der Waals surface area (Å²) in [5.41, 5.74) is 0.551. The average molecular weight is 552 g/mol. The number of nitrogens with zero attached hydrogens (tertiary/aromatic N) is 6. The number of hydrogen-bond acceptors (Lipinski definition) is 5. The Labute approximate surface area is 229 Å². The van der Waals surface area contributed by atoms with E-state index in [4.69, 9.17) is 0 Å². The number of rotatable bonds is 6. The topological polar surface area (TPSA) is 72.4 Å². The largest absolute Gasteiger partial charge is 0.418 e. The summed E-state index contributed by atoms with van der Waals surface area (Å²) < 4.78 is 47.3. The van der Waals surface area contributed by atoms with Crippen LogP contribution >= 0.6 is 0 Å². The third-order valence-electron chi connectivity index (χ3n) is 8.98. The van der Waals surface area contributed by atoms with Crippen LogP contribution in [0.2, 0.25) is 0 Å². The zero-order valence-corrected chi connectivity index (χ0v) is 22.3. The molecule has 11 heteroatoms. The van der Waals surface area contributed by atoms with Gasteiger partial charge in [0, 0.05) is 57.1 Å². The molecule has 1 aromatic carbocycles. The number of hydrogen-bond donors (Lipinski definition) is 1. The van der Waals surface area contributed by atoms with Crippen molar-refractivity contribution >= 4 is 5.52 Å². The summed E-state index contributed by atoms with van der Waals surface area (Å²) in [7, 11) is 1.91. The van der Waals surface area contributed by atoms with E-state index < -0.39 is 17.4 Å². The second kappa shape index (κ2) is 9.59. The van der Waals surface area contributed by atoms with E-state index in [1.807, 2.05) is 29.8 Å². The molecule has 1 aliphatic carbocycles. The number of halogens is 3. The molecule has 8 nitrogen and oxygen atoms in total. The second-order valence-corrected chi connectivity index (χ2v) is 11.7. The summed E-state index contributed by atoms with van der Waals surface area (Å²) in [6.45, 7) is 1.97. The Hall–Kier alpha value is -3.44. The normalized spacial score (nSPS) is 22.6. The quantitative estimate of drug-likeness (QED) is 0.391. The van der Waals surface area contributed by atoms with Gasteiger partial charge in [0.05, 0.1) is 16.8 Å². The van der Waals surface area contributed by atoms with Gasteiger partial charge in [-0.25, -0.2) is 4.79 Å². The molecule has 3 aromatic heterocycles. The number of aromatic nitrogens is 5. The summed E-state index contributed by atoms with van der Waals surface area (Å²) in [5, 5.41) is 12.0. The molecule has 3 aliphatic rings. The second-order valence-electron chi connectivity index (χ2n) is 11.7. The van der Waals surface area contributed by atoms with Crippen molar-refractivity contribution < 1.29 is 13.2 Å². The molecule has 1 saturated carbocycles. The Morgan fingerprint density at radius 3 is 2.50 bits per heavy atom. The highest BCUT2D eigenvalue weighted by molar-refractivity contribution is 5.58. The predicted molar refractivity (Wildman–Crippen MR) is 143 cm³/mol. The van der Waals surface area contributed by atoms with E-state index in [1.165, 1.54) is 16.8 Å². The van der Waals surface area contributed by atoms with Crippen LogP contribution < -0.4 is 11.0 Å². The van der Waals surface area contributed by atoms with Crippen molar-refractivity contribution in [2.75, 3.05) is 13.1 Å². The lowest BCUT2D eigenvalue weighted by Gasteiger charge is -2.33. The molecule has 1 N–H and O–H groups in total. The first kappa shape index (κ1) is 25.5. The fourth-order valence-corrected chi connectivity index (χ4v) is 6.87. The zero-order valence-electron chi connectivity index (χ0n) is 22.3. The molecule has 2 bridgehead atoms. The molecule has 40 heavy (non-hydrogen) atoms. The fraction of sp³-hybridized carbons (Fsp3) is 0.483. The standard InChI is InChI=1S/C29H32F3N7O/c1-36-17-33-35-27(36)26(19-4-2-5-19)20-6-3-7-23(11-20)38-16-25-24(29(30,31)32)10-18(13-39(25)28(38)40)12-37-14-21-8-9-22(15-37)34-21/h3,6-7,10-11,13,16-17,19,21-22,26,34H,2,4-5,8-9,12,14-15H2,1H3/t21?,22?,26-/m1/s1. The maximum Gasteiger partial charge on any atom is 0.418 e. The average Bonchev–Trinajstić information content (AvgIpc) is 3.57. The van der Waals surface area contributed by atoms with Gasteiger partial charge in [-0.2, -0.15) is 13.2 Å². The molecule has 7 rings (SSSR count). The lowest BCUT2D eigenvalue weighted by molar-refractivity contribution is -0.136. The first-order valence-electron chi connectivity index (χ1n) is 14.0. The molecule has 3 fully saturated rings. The number of nitrogens with one attached hydrogen (secondary N) is 1. The molecule has 0 radical (unpaired) electrons. The summed E-state index contributed by atoms with van der Waals surface area (Å²) in [4.78, 5) is 15.8. The highest BCUT2D eigenvalue weighted by Gasteiger charge is 2.36. The molecular weight excluding hydrogens is 519 g/mol. The number of fused-ring (bicyclic) bond motifs is 3. The predicted octanol–water partition coefficient (Wildman–Crippen LogP) is 4.11. The smallest absolute Gasteiger partial charge is 0.320 e. The van der Waals surface area contributed by atoms with Gasteiger partial charge in [0.2, 0.25) is 0 Å². The van der Waals surface area contributed by atoms with Gasteiger partial charge in [0.15, 0.2) is 0 Å². The molecule has 2 unspecified atom stereocenters. The molecular formula is C29H32F3N7O. The van der Waals surface area contributed by atoms with Crippen LogP contribution in [0.15, 0.2) is 53.8 Å². The first-order valence-corrected chi connectivity index (χ1v) is 14.0. The van der Waals surface area contributed by atoms with Crippen molar-refractivity contribution in [2.45, 2.75) is 62.8 Å². The number of alkyl halides is 3. The number of aryl methyl sites for hydroxylation is 1. The third kappa shape index (κ3) is 4.45. The van der Waals surface area contributed by atoms with Gasteiger partial charge in [-0.05, 0) is 60.9 Å². The zero-order chi connectivity index (χ0) is 27.6. The van der Waals surface area contributed by atoms with Crippen molar-refractivity contribution in [1.29, 1.82) is 0 Å². The van der Waals surface area contributed by atoms with Crippen LogP contribution in [0.3, 0.4) is 0 Å². The summed E-state index contributed by atoms with van der Waals surface area (Å²) >= 11 is 0. The van der Waals surface area contributed by atoms with Crippen LogP contribution in [0.1, 0.15) is 60.5 Å². The van der Waals surface area contributed by atoms with Gasteiger partial charge in [0.25, 0.3) is 0 Å². The molecule has 0 amide bonds. The Bertz CT molecular complexity index is 1600. The maximum atomic E-state index is 14.3. The van der Waals surface area contributed by atoms with Gasteiger partial charge >= 0.3 is 11.9 Å². The van der Waals surface area contributed by atoms with Crippen LogP contribution in [-0.2, 0) is 19.8 Å². The molecule has 2 saturated heterocycles. The molecule has 3 atom stereocenters. The lowest BCUT2D eigenvalue weighted by atomic mass is 9.72. The highest BCUT2D eigenvalue weighted by atomic mass is 19.4. The van der Waals surface area contributed by atoms with E-state index in [1.54, 1.807) is 18.6 Å². The fourth-order valence-electron chi connectivity index (χ4n) is 6.87. The minimum Gasteiger partial charge on any atom is -0.320 e. The Kier molecular flexibility index (Phi) is 6.12. The summed E-state index contributed by atoms with van der Waals surface area (Å²) in [6.07, 6.45) is 5.46. The van der Waals surface area contributed by atoms with Crippen molar-refractivity contribution in [1.82, 2.24) is 33.9 Å². The Morgan fingerprint density at radius 2 is 1.85 bits per heavy atom. The summed E-state index contributed by atoms with van der Waals surface area (Å²) in [6, 6.07) is 9.50. The van der Waals surface area contributed by atoms with Crippen molar-refractivity contribution in [3.8, 4) is 5.69 Å². The van der Waals surface area contributed by atoms with E-state index in [9.17, 15) is 18.0 Å². The van der Waals surface area contributed by atoms with Crippen LogP contribution in [0.25, 0.3) is 11.2 Å². The van der Waals surface area contributed by atoms with E-state index in [2.05, 4.69) is 20.4 Å². The minimum absolute atomic E-state index is 0.000554. The Morgan fingerprint density at radius 1 is 1.07 bits per heavy atom. The van der Waals surface area contributed by atoms with Crippen LogP contribution in [0.4, 0.5) is 13.2 Å². The van der Waals surface area contributed by atoms with Gasteiger partial charge < -0.3 is 9.88 Å². The van der Waals surface area contributed by atoms with Gasteiger partial charge in [-0.1, -0.05) is 18.6 Å². The molecule has 0 spiro atoms. The van der Waals surface area contributed by atoms with Crippen LogP contribution in [0, 0.1) is 5.92 Å². The molecule has 210 valence electrons. The SMILES string of the molecule is Cn1cnnc1[C@@H](c1cccc(-n2cc3c(C(F)(F)F)cc(CN4CC5CCC(C4)N5)cn3c2=O)c1)C1CCC1. The van der Waals surface area contributed by atoms with Gasteiger partial charge in [-0.15, -0.1) is 10.2 Å². The monoisotopic (exact) mass is 551 g/mol. The van der Waals surface area contributed by atoms with E-state index >= 15 is 0 Å². The first-order chi connectivity index (χ1) is 19.2. The number of piperazine rings is 1. The number of benzene rings is 1. The van der Waals surface area contributed by atoms with E-state index in [0.717, 1.165) is 61.0 Å². The van der Waals surface area contributed by atoms with Gasteiger partial charge in [0.1, 0.15) is 12.2 Å². The number of likely N-dealkylation sites (tertiary alicyclic amines) is 1. The molecule has 4 aromatic rings. The van der Waals surface area contributed by atoms with E-state index in [-0.39, 0.29) is 11.4 Å². The van der Waals surface area contributed by atoms with Crippen molar-refractivity contribution in [3.05, 3.63) is 82.1 Å². The maximum absolute atomic E-state index is 14.3. The Balaban J connectivity index is 1.29. The van der Waals surface area contributed by atoms with Crippen molar-refractivity contribution in [2.24, 2.45) is 13.0 Å². The molecule has 2 aliphatic heterocycles. The summed E-state index contributed by atoms with van der Waals surface area (Å²) in [5.74, 6) is 1.25.